The highest BCUT2D eigenvalue weighted by atomic mass is 32.2. The number of halogens is 3. The summed E-state index contributed by atoms with van der Waals surface area (Å²) in [4.78, 5) is 20.5. The number of carbonyl (C=O) groups is 1. The van der Waals surface area contributed by atoms with Gasteiger partial charge in [-0.15, -0.1) is 0 Å². The van der Waals surface area contributed by atoms with Crippen molar-refractivity contribution in [2.75, 3.05) is 44.2 Å². The van der Waals surface area contributed by atoms with Gasteiger partial charge in [0, 0.05) is 45.5 Å². The molecule has 2 fully saturated rings. The molecule has 0 radical (unpaired) electrons. The molecule has 0 spiro atoms. The number of hydrogen-bond acceptors (Lipinski definition) is 5. The second kappa shape index (κ2) is 9.91. The van der Waals surface area contributed by atoms with Crippen LogP contribution in [0.5, 0.6) is 0 Å². The highest BCUT2D eigenvalue weighted by Gasteiger charge is 2.31. The number of amides is 1. The molecule has 0 N–H and O–H groups in total. The molecule has 7 nitrogen and oxygen atoms in total. The maximum atomic E-state index is 12.8. The van der Waals surface area contributed by atoms with Gasteiger partial charge in [-0.2, -0.15) is 17.5 Å². The van der Waals surface area contributed by atoms with Gasteiger partial charge < -0.3 is 9.80 Å². The molecule has 34 heavy (non-hydrogen) atoms. The zero-order chi connectivity index (χ0) is 24.3. The minimum atomic E-state index is -4.42. The second-order valence-electron chi connectivity index (χ2n) is 8.56. The lowest BCUT2D eigenvalue weighted by Gasteiger charge is -2.35. The average molecular weight is 497 g/mol. The Balaban J connectivity index is 1.31. The monoisotopic (exact) mass is 496 g/mol. The molecule has 1 aromatic carbocycles. The fraction of sp³-hybridized carbons (Fsp3) is 0.478. The van der Waals surface area contributed by atoms with E-state index >= 15 is 0 Å². The molecule has 184 valence electrons. The molecule has 0 saturated carbocycles. The maximum absolute atomic E-state index is 12.8. The fourth-order valence-electron chi connectivity index (χ4n) is 4.25. The van der Waals surface area contributed by atoms with E-state index in [1.807, 2.05) is 4.90 Å². The summed E-state index contributed by atoms with van der Waals surface area (Å²) >= 11 is 0. The summed E-state index contributed by atoms with van der Waals surface area (Å²) in [6, 6.07) is 8.82. The van der Waals surface area contributed by atoms with Crippen LogP contribution in [0.15, 0.2) is 47.5 Å². The second-order valence-corrected chi connectivity index (χ2v) is 10.5. The number of pyridine rings is 1. The van der Waals surface area contributed by atoms with E-state index in [4.69, 9.17) is 0 Å². The molecule has 1 amide bonds. The molecule has 3 heterocycles. The molecular weight excluding hydrogens is 469 g/mol. The number of alkyl halides is 3. The summed E-state index contributed by atoms with van der Waals surface area (Å²) in [5, 5.41) is 0. The van der Waals surface area contributed by atoms with Gasteiger partial charge in [-0.3, -0.25) is 4.79 Å². The summed E-state index contributed by atoms with van der Waals surface area (Å²) in [7, 11) is -3.51. The highest BCUT2D eigenvalue weighted by Crippen LogP contribution is 2.29. The Morgan fingerprint density at radius 2 is 1.53 bits per heavy atom. The van der Waals surface area contributed by atoms with Gasteiger partial charge in [-0.25, -0.2) is 13.4 Å². The zero-order valence-corrected chi connectivity index (χ0v) is 19.5. The quantitative estimate of drug-likeness (QED) is 0.636. The summed E-state index contributed by atoms with van der Waals surface area (Å²) < 4.78 is 65.2. The summed E-state index contributed by atoms with van der Waals surface area (Å²) in [6.45, 7) is 2.88. The standard InChI is InChI=1S/C23H27F3N4O3S/c24-23(25,26)19-6-9-21(27-17-19)28-12-14-29(15-13-28)22(31)16-18-4-7-20(8-5-18)34(32,33)30-10-2-1-3-11-30/h4-9,17H,1-3,10-16H2. The van der Waals surface area contributed by atoms with Crippen LogP contribution in [0.4, 0.5) is 19.0 Å². The van der Waals surface area contributed by atoms with E-state index in [0.29, 0.717) is 45.1 Å². The predicted molar refractivity (Wildman–Crippen MR) is 121 cm³/mol. The molecule has 4 rings (SSSR count). The van der Waals surface area contributed by atoms with Crippen LogP contribution in [-0.2, 0) is 27.4 Å². The van der Waals surface area contributed by atoms with Crippen LogP contribution < -0.4 is 4.90 Å². The van der Waals surface area contributed by atoms with Gasteiger partial charge in [0.15, 0.2) is 0 Å². The zero-order valence-electron chi connectivity index (χ0n) is 18.7. The number of piperidine rings is 1. The third kappa shape index (κ3) is 5.52. The van der Waals surface area contributed by atoms with Crippen molar-refractivity contribution in [2.24, 2.45) is 0 Å². The molecule has 2 aliphatic heterocycles. The van der Waals surface area contributed by atoms with Crippen LogP contribution in [-0.4, -0.2) is 67.8 Å². The lowest BCUT2D eigenvalue weighted by atomic mass is 10.1. The molecule has 0 aliphatic carbocycles. The van der Waals surface area contributed by atoms with Gasteiger partial charge in [0.25, 0.3) is 0 Å². The topological polar surface area (TPSA) is 73.8 Å². The van der Waals surface area contributed by atoms with Crippen molar-refractivity contribution < 1.29 is 26.4 Å². The van der Waals surface area contributed by atoms with Crippen LogP contribution in [0.2, 0.25) is 0 Å². The molecule has 2 aliphatic rings. The summed E-state index contributed by atoms with van der Waals surface area (Å²) in [5.74, 6) is 0.372. The molecule has 0 atom stereocenters. The van der Waals surface area contributed by atoms with E-state index < -0.39 is 21.8 Å². The SMILES string of the molecule is O=C(Cc1ccc(S(=O)(=O)N2CCCCC2)cc1)N1CCN(c2ccc(C(F)(F)F)cn2)CC1. The van der Waals surface area contributed by atoms with Crippen molar-refractivity contribution in [2.45, 2.75) is 36.8 Å². The Labute approximate surface area is 197 Å². The number of sulfonamides is 1. The Bertz CT molecular complexity index is 1090. The molecule has 0 unspecified atom stereocenters. The van der Waals surface area contributed by atoms with Gasteiger partial charge in [0.2, 0.25) is 15.9 Å². The van der Waals surface area contributed by atoms with Crippen molar-refractivity contribution in [3.8, 4) is 0 Å². The first kappa shape index (κ1) is 24.5. The van der Waals surface area contributed by atoms with E-state index in [9.17, 15) is 26.4 Å². The largest absolute Gasteiger partial charge is 0.417 e. The number of rotatable bonds is 5. The van der Waals surface area contributed by atoms with Crippen molar-refractivity contribution in [3.05, 3.63) is 53.7 Å². The molecule has 1 aromatic heterocycles. The highest BCUT2D eigenvalue weighted by molar-refractivity contribution is 7.89. The van der Waals surface area contributed by atoms with E-state index in [-0.39, 0.29) is 17.2 Å². The number of benzene rings is 1. The molecular formula is C23H27F3N4O3S. The summed E-state index contributed by atoms with van der Waals surface area (Å²) in [6.07, 6.45) is -0.665. The van der Waals surface area contributed by atoms with E-state index in [0.717, 1.165) is 37.1 Å². The summed E-state index contributed by atoms with van der Waals surface area (Å²) in [5.41, 5.74) is -0.0609. The number of aromatic nitrogens is 1. The minimum Gasteiger partial charge on any atom is -0.353 e. The third-order valence-electron chi connectivity index (χ3n) is 6.26. The number of nitrogens with zero attached hydrogens (tertiary/aromatic N) is 4. The van der Waals surface area contributed by atoms with Crippen molar-refractivity contribution in [1.82, 2.24) is 14.2 Å². The number of piperazine rings is 1. The molecule has 0 bridgehead atoms. The van der Waals surface area contributed by atoms with Gasteiger partial charge in [-0.05, 0) is 42.7 Å². The maximum Gasteiger partial charge on any atom is 0.417 e. The van der Waals surface area contributed by atoms with Gasteiger partial charge in [-0.1, -0.05) is 18.6 Å². The molecule has 2 aromatic rings. The van der Waals surface area contributed by atoms with Crippen LogP contribution in [0.25, 0.3) is 0 Å². The lowest BCUT2D eigenvalue weighted by molar-refractivity contribution is -0.137. The number of hydrogen-bond donors (Lipinski definition) is 0. The third-order valence-corrected chi connectivity index (χ3v) is 8.18. The van der Waals surface area contributed by atoms with Gasteiger partial charge in [0.1, 0.15) is 5.82 Å². The number of anilines is 1. The van der Waals surface area contributed by atoms with E-state index in [1.165, 1.54) is 10.4 Å². The lowest BCUT2D eigenvalue weighted by Crippen LogP contribution is -2.49. The molecule has 11 heteroatoms. The Morgan fingerprint density at radius 1 is 0.882 bits per heavy atom. The first-order chi connectivity index (χ1) is 16.1. The van der Waals surface area contributed by atoms with E-state index in [1.54, 1.807) is 29.2 Å². The first-order valence-electron chi connectivity index (χ1n) is 11.3. The Morgan fingerprint density at radius 3 is 2.09 bits per heavy atom. The van der Waals surface area contributed by atoms with Crippen LogP contribution >= 0.6 is 0 Å². The molecule has 2 saturated heterocycles. The van der Waals surface area contributed by atoms with Crippen LogP contribution in [0.1, 0.15) is 30.4 Å². The van der Waals surface area contributed by atoms with Crippen molar-refractivity contribution in [3.63, 3.8) is 0 Å². The smallest absolute Gasteiger partial charge is 0.353 e. The van der Waals surface area contributed by atoms with Gasteiger partial charge in [0.05, 0.1) is 16.9 Å². The fourth-order valence-corrected chi connectivity index (χ4v) is 5.76. The normalized spacial score (nSPS) is 18.2. The van der Waals surface area contributed by atoms with Crippen LogP contribution in [0, 0.1) is 0 Å². The Kier molecular flexibility index (Phi) is 7.13. The Hall–Kier alpha value is -2.66. The predicted octanol–water partition coefficient (Wildman–Crippen LogP) is 3.17. The first-order valence-corrected chi connectivity index (χ1v) is 12.7. The number of carbonyl (C=O) groups excluding carboxylic acids is 1. The van der Waals surface area contributed by atoms with Gasteiger partial charge >= 0.3 is 6.18 Å². The van der Waals surface area contributed by atoms with Crippen LogP contribution in [0.3, 0.4) is 0 Å². The minimum absolute atomic E-state index is 0.0772. The van der Waals surface area contributed by atoms with Crippen molar-refractivity contribution >= 4 is 21.7 Å². The average Bonchev–Trinajstić information content (AvgIpc) is 2.84. The van der Waals surface area contributed by atoms with Crippen molar-refractivity contribution in [1.29, 1.82) is 0 Å². The van der Waals surface area contributed by atoms with E-state index in [2.05, 4.69) is 4.98 Å².